The summed E-state index contributed by atoms with van der Waals surface area (Å²) in [6, 6.07) is 0. The van der Waals surface area contributed by atoms with E-state index in [1.807, 2.05) is 6.08 Å². The topological polar surface area (TPSA) is 54.4 Å². The predicted octanol–water partition coefficient (Wildman–Crippen LogP) is 4.85. The van der Waals surface area contributed by atoms with Crippen LogP contribution < -0.4 is 0 Å². The first-order valence-corrected chi connectivity index (χ1v) is 11.5. The van der Waals surface area contributed by atoms with Gasteiger partial charge in [0.1, 0.15) is 9.34 Å². The number of alkyl halides is 2. The van der Waals surface area contributed by atoms with Gasteiger partial charge in [-0.05, 0) is 56.4 Å². The molecule has 0 saturated heterocycles. The molecule has 5 heteroatoms. The maximum absolute atomic E-state index is 12.8. The summed E-state index contributed by atoms with van der Waals surface area (Å²) in [6.45, 7) is 4.40. The molecule has 3 nitrogen and oxygen atoms in total. The fourth-order valence-corrected chi connectivity index (χ4v) is 7.21. The van der Waals surface area contributed by atoms with E-state index in [0.29, 0.717) is 24.7 Å². The molecule has 4 aliphatic carbocycles. The number of aliphatic hydroxyl groups is 1. The molecule has 0 heterocycles. The summed E-state index contributed by atoms with van der Waals surface area (Å²) in [5.41, 5.74) is 1.06. The molecule has 4 rings (SSSR count). The lowest BCUT2D eigenvalue weighted by molar-refractivity contribution is -0.150. The Hall–Kier alpha value is -0.260. The summed E-state index contributed by atoms with van der Waals surface area (Å²) in [5.74, 6) is 0.852. The maximum atomic E-state index is 12.8. The molecule has 0 aliphatic heterocycles. The van der Waals surface area contributed by atoms with Gasteiger partial charge in [0.05, 0.1) is 0 Å². The fraction of sp³-hybridized carbons (Fsp3) is 0.714. The molecule has 2 fully saturated rings. The van der Waals surface area contributed by atoms with Gasteiger partial charge in [-0.2, -0.15) is 0 Å². The minimum atomic E-state index is -1.28. The Balaban J connectivity index is 1.75. The van der Waals surface area contributed by atoms with E-state index in [4.69, 9.17) is 0 Å². The third kappa shape index (κ3) is 2.39. The van der Waals surface area contributed by atoms with Crippen molar-refractivity contribution in [3.05, 3.63) is 23.3 Å². The molecule has 0 aromatic heterocycles. The molecule has 142 valence electrons. The molecule has 0 aromatic rings. The van der Waals surface area contributed by atoms with Crippen molar-refractivity contribution in [3.8, 4) is 0 Å². The molecule has 0 aromatic carbocycles. The first-order valence-electron chi connectivity index (χ1n) is 9.63. The highest BCUT2D eigenvalue weighted by molar-refractivity contribution is 9.25. The van der Waals surface area contributed by atoms with E-state index in [2.05, 4.69) is 51.8 Å². The van der Waals surface area contributed by atoms with E-state index in [-0.39, 0.29) is 17.0 Å². The van der Waals surface area contributed by atoms with E-state index in [1.54, 1.807) is 0 Å². The quantitative estimate of drug-likeness (QED) is 0.449. The van der Waals surface area contributed by atoms with Crippen LogP contribution in [0.15, 0.2) is 23.3 Å². The molecule has 4 aliphatic rings. The van der Waals surface area contributed by atoms with Crippen molar-refractivity contribution >= 4 is 43.4 Å². The van der Waals surface area contributed by atoms with Gasteiger partial charge in [0.15, 0.2) is 11.6 Å². The van der Waals surface area contributed by atoms with Crippen LogP contribution in [0.25, 0.3) is 0 Å². The van der Waals surface area contributed by atoms with E-state index in [0.717, 1.165) is 32.1 Å². The van der Waals surface area contributed by atoms with Gasteiger partial charge in [-0.25, -0.2) is 0 Å². The highest BCUT2D eigenvalue weighted by Crippen LogP contribution is 2.65. The number of halogens is 2. The maximum Gasteiger partial charge on any atom is 0.189 e. The van der Waals surface area contributed by atoms with Crippen molar-refractivity contribution in [3.63, 3.8) is 0 Å². The van der Waals surface area contributed by atoms with Crippen molar-refractivity contribution in [2.45, 2.75) is 68.1 Å². The number of allylic oxidation sites excluding steroid dienone is 4. The summed E-state index contributed by atoms with van der Waals surface area (Å²) in [6.07, 6.45) is 9.88. The number of Topliss-reactive ketones (excluding diaryl/α,β-unsaturated/α-hetero) is 1. The minimum Gasteiger partial charge on any atom is -0.381 e. The highest BCUT2D eigenvalue weighted by atomic mass is 79.9. The smallest absolute Gasteiger partial charge is 0.189 e. The molecule has 0 spiro atoms. The molecule has 0 amide bonds. The molecule has 0 bridgehead atoms. The number of hydrogen-bond acceptors (Lipinski definition) is 3. The van der Waals surface area contributed by atoms with Crippen molar-refractivity contribution in [1.29, 1.82) is 0 Å². The van der Waals surface area contributed by atoms with E-state index in [9.17, 15) is 14.7 Å². The zero-order valence-electron chi connectivity index (χ0n) is 15.4. The zero-order chi connectivity index (χ0) is 18.9. The Labute approximate surface area is 171 Å². The Kier molecular flexibility index (Phi) is 4.49. The van der Waals surface area contributed by atoms with Crippen LogP contribution >= 0.6 is 31.9 Å². The average Bonchev–Trinajstić information content (AvgIpc) is 2.87. The molecule has 1 N–H and O–H groups in total. The summed E-state index contributed by atoms with van der Waals surface area (Å²) < 4.78 is -0.510. The largest absolute Gasteiger partial charge is 0.381 e. The number of carbonyl (C=O) groups excluding carboxylic acids is 2. The first kappa shape index (κ1) is 19.1. The molecule has 0 radical (unpaired) electrons. The fourth-order valence-electron chi connectivity index (χ4n) is 6.46. The van der Waals surface area contributed by atoms with Crippen molar-refractivity contribution < 1.29 is 14.7 Å². The van der Waals surface area contributed by atoms with Crippen LogP contribution in [0.3, 0.4) is 0 Å². The van der Waals surface area contributed by atoms with Crippen molar-refractivity contribution in [2.24, 2.45) is 22.7 Å². The SMILES string of the molecule is C[C@]12CCC(=O)C=C1CC[C@@H]1C2=CC[C@@]2(C)[C@H]1CC[C@]2(O)C(=O)C(Br)Br. The molecular weight excluding hydrogens is 460 g/mol. The number of fused-ring (bicyclic) bond motifs is 5. The van der Waals surface area contributed by atoms with Crippen LogP contribution in [0.2, 0.25) is 0 Å². The second-order valence-electron chi connectivity index (χ2n) is 9.06. The lowest BCUT2D eigenvalue weighted by Gasteiger charge is -2.54. The zero-order valence-corrected chi connectivity index (χ0v) is 18.5. The third-order valence-corrected chi connectivity index (χ3v) is 8.93. The summed E-state index contributed by atoms with van der Waals surface area (Å²) >= 11 is 6.61. The van der Waals surface area contributed by atoms with Crippen molar-refractivity contribution in [2.75, 3.05) is 0 Å². The Bertz CT molecular complexity index is 740. The number of carbonyl (C=O) groups is 2. The lowest BCUT2D eigenvalue weighted by atomic mass is 9.50. The molecule has 5 atom stereocenters. The normalized spacial score (nSPS) is 44.8. The van der Waals surface area contributed by atoms with Gasteiger partial charge in [0.2, 0.25) is 0 Å². The number of hydrogen-bond donors (Lipinski definition) is 1. The van der Waals surface area contributed by atoms with Gasteiger partial charge in [0, 0.05) is 17.3 Å². The lowest BCUT2D eigenvalue weighted by Crippen LogP contribution is -2.56. The second kappa shape index (κ2) is 6.12. The van der Waals surface area contributed by atoms with E-state index in [1.165, 1.54) is 11.1 Å². The van der Waals surface area contributed by atoms with Gasteiger partial charge in [-0.3, -0.25) is 9.59 Å². The summed E-state index contributed by atoms with van der Waals surface area (Å²) in [7, 11) is 0. The molecule has 26 heavy (non-hydrogen) atoms. The van der Waals surface area contributed by atoms with Gasteiger partial charge < -0.3 is 5.11 Å². The monoisotopic (exact) mass is 484 g/mol. The van der Waals surface area contributed by atoms with Crippen LogP contribution in [0.5, 0.6) is 0 Å². The Morgan fingerprint density at radius 1 is 1.23 bits per heavy atom. The van der Waals surface area contributed by atoms with Crippen LogP contribution in [-0.4, -0.2) is 26.0 Å². The Morgan fingerprint density at radius 2 is 1.96 bits per heavy atom. The van der Waals surface area contributed by atoms with Gasteiger partial charge in [0.25, 0.3) is 0 Å². The number of rotatable bonds is 2. The summed E-state index contributed by atoms with van der Waals surface area (Å²) in [4.78, 5) is 24.7. The van der Waals surface area contributed by atoms with Crippen LogP contribution in [0.1, 0.15) is 58.8 Å². The average molecular weight is 486 g/mol. The molecule has 2 saturated carbocycles. The Morgan fingerprint density at radius 3 is 2.65 bits per heavy atom. The predicted molar refractivity (Wildman–Crippen MR) is 108 cm³/mol. The second-order valence-corrected chi connectivity index (χ2v) is 12.1. The summed E-state index contributed by atoms with van der Waals surface area (Å²) in [5, 5.41) is 11.4. The van der Waals surface area contributed by atoms with Crippen LogP contribution in [0.4, 0.5) is 0 Å². The van der Waals surface area contributed by atoms with Crippen LogP contribution in [0, 0.1) is 22.7 Å². The van der Waals surface area contributed by atoms with Gasteiger partial charge >= 0.3 is 0 Å². The first-order chi connectivity index (χ1) is 12.1. The van der Waals surface area contributed by atoms with Crippen LogP contribution in [-0.2, 0) is 9.59 Å². The highest BCUT2D eigenvalue weighted by Gasteiger charge is 2.64. The third-order valence-electron chi connectivity index (χ3n) is 8.09. The minimum absolute atomic E-state index is 0.00372. The standard InChI is InChI=1S/C21H26Br2O3/c1-19-8-5-13(24)11-12(19)3-4-14-15(19)6-9-20(2)16(14)7-10-21(20,26)17(25)18(22)23/h6,11,14,16,18,26H,3-5,7-10H2,1-2H3/t14-,16+,19+,20+,21+/m1/s1. The van der Waals surface area contributed by atoms with E-state index < -0.39 is 14.8 Å². The van der Waals surface area contributed by atoms with E-state index >= 15 is 0 Å². The molecular formula is C21H26Br2O3. The number of ketones is 2. The van der Waals surface area contributed by atoms with Crippen molar-refractivity contribution in [1.82, 2.24) is 0 Å². The molecule has 0 unspecified atom stereocenters. The van der Waals surface area contributed by atoms with Gasteiger partial charge in [-0.15, -0.1) is 0 Å². The van der Waals surface area contributed by atoms with Gasteiger partial charge in [-0.1, -0.05) is 62.9 Å².